The Morgan fingerprint density at radius 3 is 2.67 bits per heavy atom. The molecular weight excluding hydrogens is 405 g/mol. The molecule has 0 saturated heterocycles. The van der Waals surface area contributed by atoms with Gasteiger partial charge in [0.15, 0.2) is 5.69 Å². The van der Waals surface area contributed by atoms with Gasteiger partial charge in [0.05, 0.1) is 24.0 Å². The second kappa shape index (κ2) is 7.89. The topological polar surface area (TPSA) is 119 Å². The molecule has 0 atom stereocenters. The van der Waals surface area contributed by atoms with Crippen LogP contribution in [0, 0.1) is 0 Å². The van der Waals surface area contributed by atoms with E-state index in [0.717, 1.165) is 21.6 Å². The van der Waals surface area contributed by atoms with Crippen LogP contribution in [-0.4, -0.2) is 25.7 Å². The highest BCUT2D eigenvalue weighted by Gasteiger charge is 2.30. The van der Waals surface area contributed by atoms with E-state index in [1.807, 2.05) is 0 Å². The molecular formula is C18H17F3N6O3. The first-order valence-corrected chi connectivity index (χ1v) is 8.71. The van der Waals surface area contributed by atoms with Crippen molar-refractivity contribution in [3.63, 3.8) is 0 Å². The Morgan fingerprint density at radius 1 is 1.30 bits per heavy atom. The first kappa shape index (κ1) is 20.9. The van der Waals surface area contributed by atoms with Crippen molar-refractivity contribution < 1.29 is 18.0 Å². The number of H-pyrrole nitrogens is 1. The number of nitrogens with one attached hydrogen (secondary N) is 1. The van der Waals surface area contributed by atoms with Gasteiger partial charge in [-0.25, -0.2) is 4.79 Å². The van der Waals surface area contributed by atoms with Gasteiger partial charge in [-0.2, -0.15) is 18.3 Å². The van der Waals surface area contributed by atoms with E-state index < -0.39 is 23.0 Å². The zero-order valence-electron chi connectivity index (χ0n) is 15.7. The van der Waals surface area contributed by atoms with Crippen LogP contribution in [0.2, 0.25) is 0 Å². The molecule has 0 spiro atoms. The summed E-state index contributed by atoms with van der Waals surface area (Å²) in [5, 5.41) is 4.03. The van der Waals surface area contributed by atoms with E-state index >= 15 is 0 Å². The highest BCUT2D eigenvalue weighted by Crippen LogP contribution is 2.30. The van der Waals surface area contributed by atoms with Gasteiger partial charge in [-0.3, -0.25) is 28.7 Å². The van der Waals surface area contributed by atoms with Crippen molar-refractivity contribution in [3.8, 4) is 0 Å². The molecule has 0 saturated carbocycles. The van der Waals surface area contributed by atoms with Gasteiger partial charge >= 0.3 is 11.9 Å². The highest BCUT2D eigenvalue weighted by molar-refractivity contribution is 5.89. The van der Waals surface area contributed by atoms with Crippen LogP contribution in [0.25, 0.3) is 0 Å². The minimum atomic E-state index is -4.47. The Bertz CT molecular complexity index is 1190. The van der Waals surface area contributed by atoms with E-state index in [4.69, 9.17) is 5.73 Å². The molecule has 0 fully saturated rings. The Kier molecular flexibility index (Phi) is 5.49. The normalized spacial score (nSPS) is 11.5. The van der Waals surface area contributed by atoms with Gasteiger partial charge in [0.25, 0.3) is 5.56 Å². The Balaban J connectivity index is 1.95. The third kappa shape index (κ3) is 3.97. The number of nitrogen functional groups attached to an aromatic ring is 1. The lowest BCUT2D eigenvalue weighted by molar-refractivity contribution is -0.137. The molecule has 0 aliphatic heterocycles. The first-order valence-electron chi connectivity index (χ1n) is 8.71. The summed E-state index contributed by atoms with van der Waals surface area (Å²) < 4.78 is 41.0. The Morgan fingerprint density at radius 2 is 2.03 bits per heavy atom. The number of anilines is 3. The highest BCUT2D eigenvalue weighted by atomic mass is 19.4. The molecule has 1 aromatic carbocycles. The Hall–Kier alpha value is -3.83. The maximum absolute atomic E-state index is 12.9. The van der Waals surface area contributed by atoms with Gasteiger partial charge in [-0.05, 0) is 24.6 Å². The maximum atomic E-state index is 12.9. The van der Waals surface area contributed by atoms with Gasteiger partial charge in [0, 0.05) is 12.7 Å². The van der Waals surface area contributed by atoms with Gasteiger partial charge in [-0.1, -0.05) is 12.1 Å². The number of rotatable bonds is 6. The lowest BCUT2D eigenvalue weighted by Crippen LogP contribution is -2.36. The van der Waals surface area contributed by atoms with Crippen molar-refractivity contribution in [2.45, 2.75) is 26.2 Å². The summed E-state index contributed by atoms with van der Waals surface area (Å²) in [5.74, 6) is -0.205. The van der Waals surface area contributed by atoms with Crippen LogP contribution in [0.5, 0.6) is 0 Å². The molecule has 0 aliphatic rings. The molecule has 3 rings (SSSR count). The molecule has 2 heterocycles. The predicted octanol–water partition coefficient (Wildman–Crippen LogP) is 1.70. The molecule has 30 heavy (non-hydrogen) atoms. The van der Waals surface area contributed by atoms with Gasteiger partial charge in [0.1, 0.15) is 5.82 Å². The minimum absolute atomic E-state index is 0.00306. The molecule has 0 unspecified atom stereocenters. The molecule has 158 valence electrons. The zero-order chi connectivity index (χ0) is 22.1. The van der Waals surface area contributed by atoms with Crippen molar-refractivity contribution in [3.05, 3.63) is 68.6 Å². The van der Waals surface area contributed by atoms with Crippen LogP contribution in [-0.2, 0) is 24.1 Å². The number of halogens is 3. The molecule has 3 N–H and O–H groups in total. The number of amides is 1. The summed E-state index contributed by atoms with van der Waals surface area (Å²) in [5.41, 5.74) is 3.77. The number of carbonyl (C=O) groups excluding carboxylic acids is 1. The van der Waals surface area contributed by atoms with Crippen LogP contribution in [0.1, 0.15) is 18.1 Å². The van der Waals surface area contributed by atoms with Crippen molar-refractivity contribution in [1.29, 1.82) is 0 Å². The number of aromatic amines is 1. The van der Waals surface area contributed by atoms with E-state index in [0.29, 0.717) is 12.0 Å². The first-order chi connectivity index (χ1) is 14.2. The van der Waals surface area contributed by atoms with E-state index in [1.165, 1.54) is 29.2 Å². The molecule has 0 bridgehead atoms. The van der Waals surface area contributed by atoms with Gasteiger partial charge in [0.2, 0.25) is 6.41 Å². The lowest BCUT2D eigenvalue weighted by Gasteiger charge is -2.18. The smallest absolute Gasteiger partial charge is 0.383 e. The summed E-state index contributed by atoms with van der Waals surface area (Å²) in [6, 6.07) is 4.75. The Labute approximate surface area is 167 Å². The van der Waals surface area contributed by atoms with Crippen LogP contribution >= 0.6 is 0 Å². The van der Waals surface area contributed by atoms with E-state index in [1.54, 1.807) is 6.92 Å². The van der Waals surface area contributed by atoms with Crippen molar-refractivity contribution >= 4 is 23.6 Å². The van der Waals surface area contributed by atoms with Crippen LogP contribution in [0.3, 0.4) is 0 Å². The van der Waals surface area contributed by atoms with Gasteiger partial charge < -0.3 is 5.73 Å². The van der Waals surface area contributed by atoms with E-state index in [2.05, 4.69) is 10.1 Å². The maximum Gasteiger partial charge on any atom is 0.416 e. The molecule has 2 aromatic heterocycles. The standard InChI is InChI=1S/C18H17F3N6O3/c1-2-26-15(22)14(16(29)24-17(26)30)27(10-28)13-7-23-25(9-13)8-11-4-3-5-12(6-11)18(19,20)21/h3-7,9-10H,2,8,22H2,1H3,(H,24,29,30). The number of hydrogen-bond donors (Lipinski definition) is 2. The fraction of sp³-hybridized carbons (Fsp3) is 0.222. The number of hydrogen-bond acceptors (Lipinski definition) is 5. The summed E-state index contributed by atoms with van der Waals surface area (Å²) in [6.45, 7) is 1.80. The number of nitrogens with two attached hydrogens (primary N) is 1. The number of benzene rings is 1. The molecule has 1 amide bonds. The average molecular weight is 422 g/mol. The monoisotopic (exact) mass is 422 g/mol. The second-order valence-corrected chi connectivity index (χ2v) is 6.31. The second-order valence-electron chi connectivity index (χ2n) is 6.31. The van der Waals surface area contributed by atoms with E-state index in [9.17, 15) is 27.6 Å². The summed E-state index contributed by atoms with van der Waals surface area (Å²) in [4.78, 5) is 38.8. The number of aromatic nitrogens is 4. The largest absolute Gasteiger partial charge is 0.416 e. The molecule has 0 aliphatic carbocycles. The van der Waals surface area contributed by atoms with Crippen molar-refractivity contribution in [1.82, 2.24) is 19.3 Å². The third-order valence-electron chi connectivity index (χ3n) is 4.37. The van der Waals surface area contributed by atoms with Crippen LogP contribution < -0.4 is 21.9 Å². The summed E-state index contributed by atoms with van der Waals surface area (Å²) in [7, 11) is 0. The SMILES string of the molecule is CCn1c(N)c(N(C=O)c2cnn(Cc3cccc(C(F)(F)F)c3)c2)c(=O)[nH]c1=O. The summed E-state index contributed by atoms with van der Waals surface area (Å²) >= 11 is 0. The van der Waals surface area contributed by atoms with Crippen molar-refractivity contribution in [2.24, 2.45) is 0 Å². The number of alkyl halides is 3. The van der Waals surface area contributed by atoms with Gasteiger partial charge in [-0.15, -0.1) is 0 Å². The lowest BCUT2D eigenvalue weighted by atomic mass is 10.1. The number of carbonyl (C=O) groups is 1. The number of nitrogens with zero attached hydrogens (tertiary/aromatic N) is 4. The molecule has 3 aromatic rings. The quantitative estimate of drug-likeness (QED) is 0.586. The van der Waals surface area contributed by atoms with Crippen LogP contribution in [0.4, 0.5) is 30.4 Å². The fourth-order valence-corrected chi connectivity index (χ4v) is 2.96. The molecule has 12 heteroatoms. The van der Waals surface area contributed by atoms with Crippen molar-refractivity contribution in [2.75, 3.05) is 10.6 Å². The third-order valence-corrected chi connectivity index (χ3v) is 4.37. The average Bonchev–Trinajstić information content (AvgIpc) is 3.12. The van der Waals surface area contributed by atoms with Crippen LogP contribution in [0.15, 0.2) is 46.2 Å². The zero-order valence-corrected chi connectivity index (χ0v) is 15.7. The fourth-order valence-electron chi connectivity index (χ4n) is 2.96. The van der Waals surface area contributed by atoms with E-state index in [-0.39, 0.29) is 30.3 Å². The minimum Gasteiger partial charge on any atom is -0.383 e. The summed E-state index contributed by atoms with van der Waals surface area (Å²) in [6.07, 6.45) is -1.52. The molecule has 9 nitrogen and oxygen atoms in total. The molecule has 0 radical (unpaired) electrons. The predicted molar refractivity (Wildman–Crippen MR) is 102 cm³/mol.